The normalized spacial score (nSPS) is 11.0. The van der Waals surface area contributed by atoms with Gasteiger partial charge in [0.2, 0.25) is 0 Å². The Labute approximate surface area is 141 Å². The van der Waals surface area contributed by atoms with E-state index in [1.54, 1.807) is 0 Å². The molecule has 4 rings (SSSR count). The molecule has 0 atom stereocenters. The topological polar surface area (TPSA) is 55.6 Å². The Morgan fingerprint density at radius 1 is 1.09 bits per heavy atom. The van der Waals surface area contributed by atoms with Crippen molar-refractivity contribution < 1.29 is 0 Å². The smallest absolute Gasteiger partial charge is 0.187 e. The second kappa shape index (κ2) is 5.98. The van der Waals surface area contributed by atoms with Gasteiger partial charge in [-0.1, -0.05) is 41.1 Å². The number of fused-ring (bicyclic) bond motifs is 1. The van der Waals surface area contributed by atoms with E-state index < -0.39 is 0 Å². The van der Waals surface area contributed by atoms with E-state index in [4.69, 9.17) is 11.6 Å². The zero-order chi connectivity index (χ0) is 15.6. The van der Waals surface area contributed by atoms with Crippen molar-refractivity contribution in [2.45, 2.75) is 6.54 Å². The van der Waals surface area contributed by atoms with Crippen LogP contribution in [0.3, 0.4) is 0 Å². The maximum atomic E-state index is 6.15. The maximum absolute atomic E-state index is 6.15. The molecule has 0 amide bonds. The lowest BCUT2D eigenvalue weighted by Crippen LogP contribution is -2.02. The van der Waals surface area contributed by atoms with Crippen molar-refractivity contribution in [2.75, 3.05) is 5.32 Å². The summed E-state index contributed by atoms with van der Waals surface area (Å²) in [4.78, 5) is 4.59. The minimum atomic E-state index is 0.585. The molecular weight excluding hydrogens is 330 g/mol. The summed E-state index contributed by atoms with van der Waals surface area (Å²) in [5, 5.41) is 15.1. The highest BCUT2D eigenvalue weighted by Gasteiger charge is 2.08. The molecular formula is C16H12ClN5S. The SMILES string of the molecule is Clc1ccccc1Nc1nc(Cn2nnc3ccccc32)cs1. The van der Waals surface area contributed by atoms with Crippen molar-refractivity contribution in [1.29, 1.82) is 0 Å². The summed E-state index contributed by atoms with van der Waals surface area (Å²) in [7, 11) is 0. The molecule has 23 heavy (non-hydrogen) atoms. The van der Waals surface area contributed by atoms with Crippen LogP contribution in [-0.2, 0) is 6.54 Å². The molecule has 0 fully saturated rings. The lowest BCUT2D eigenvalue weighted by Gasteiger charge is -2.04. The van der Waals surface area contributed by atoms with E-state index in [2.05, 4.69) is 20.6 Å². The lowest BCUT2D eigenvalue weighted by molar-refractivity contribution is 0.661. The summed E-state index contributed by atoms with van der Waals surface area (Å²) in [5.74, 6) is 0. The first kappa shape index (κ1) is 14.2. The summed E-state index contributed by atoms with van der Waals surface area (Å²) in [6.07, 6.45) is 0. The second-order valence-corrected chi connectivity index (χ2v) is 6.25. The molecule has 0 saturated carbocycles. The van der Waals surface area contributed by atoms with Gasteiger partial charge in [-0.2, -0.15) is 0 Å². The van der Waals surface area contributed by atoms with Crippen LogP contribution in [0, 0.1) is 0 Å². The Bertz CT molecular complexity index is 962. The monoisotopic (exact) mass is 341 g/mol. The van der Waals surface area contributed by atoms with E-state index in [1.165, 1.54) is 11.3 Å². The minimum Gasteiger partial charge on any atom is -0.330 e. The molecule has 0 radical (unpaired) electrons. The van der Waals surface area contributed by atoms with Crippen LogP contribution in [0.15, 0.2) is 53.9 Å². The van der Waals surface area contributed by atoms with Crippen molar-refractivity contribution >= 4 is 44.8 Å². The number of nitrogens with one attached hydrogen (secondary N) is 1. The van der Waals surface area contributed by atoms with Gasteiger partial charge in [-0.05, 0) is 24.3 Å². The first-order chi connectivity index (χ1) is 11.3. The van der Waals surface area contributed by atoms with E-state index in [0.717, 1.165) is 27.5 Å². The Morgan fingerprint density at radius 2 is 1.91 bits per heavy atom. The summed E-state index contributed by atoms with van der Waals surface area (Å²) >= 11 is 7.69. The van der Waals surface area contributed by atoms with E-state index in [9.17, 15) is 0 Å². The van der Waals surface area contributed by atoms with Crippen molar-refractivity contribution in [3.63, 3.8) is 0 Å². The molecule has 7 heteroatoms. The van der Waals surface area contributed by atoms with Crippen LogP contribution in [0.4, 0.5) is 10.8 Å². The van der Waals surface area contributed by atoms with Crippen LogP contribution in [0.2, 0.25) is 5.02 Å². The third-order valence-corrected chi connectivity index (χ3v) is 4.54. The van der Waals surface area contributed by atoms with Crippen molar-refractivity contribution in [2.24, 2.45) is 0 Å². The first-order valence-electron chi connectivity index (χ1n) is 7.04. The third-order valence-electron chi connectivity index (χ3n) is 3.40. The quantitative estimate of drug-likeness (QED) is 0.600. The predicted molar refractivity (Wildman–Crippen MR) is 93.5 cm³/mol. The van der Waals surface area contributed by atoms with Crippen molar-refractivity contribution in [3.05, 3.63) is 64.6 Å². The largest absolute Gasteiger partial charge is 0.330 e. The number of benzene rings is 2. The molecule has 0 aliphatic heterocycles. The van der Waals surface area contributed by atoms with E-state index in [0.29, 0.717) is 11.6 Å². The van der Waals surface area contributed by atoms with Crippen LogP contribution in [0.5, 0.6) is 0 Å². The number of para-hydroxylation sites is 2. The Morgan fingerprint density at radius 3 is 2.83 bits per heavy atom. The van der Waals surface area contributed by atoms with Gasteiger partial charge in [-0.25, -0.2) is 9.67 Å². The van der Waals surface area contributed by atoms with Crippen LogP contribution in [0.25, 0.3) is 11.0 Å². The second-order valence-electron chi connectivity index (χ2n) is 4.98. The Hall–Kier alpha value is -2.44. The van der Waals surface area contributed by atoms with Crippen LogP contribution in [-0.4, -0.2) is 20.0 Å². The Balaban J connectivity index is 1.55. The van der Waals surface area contributed by atoms with E-state index in [1.807, 2.05) is 58.6 Å². The summed E-state index contributed by atoms with van der Waals surface area (Å²) in [6.45, 7) is 0.585. The first-order valence-corrected chi connectivity index (χ1v) is 8.29. The number of aromatic nitrogens is 4. The minimum absolute atomic E-state index is 0.585. The molecule has 0 aliphatic rings. The highest BCUT2D eigenvalue weighted by Crippen LogP contribution is 2.27. The molecule has 0 bridgehead atoms. The van der Waals surface area contributed by atoms with Gasteiger partial charge in [0, 0.05) is 5.38 Å². The molecule has 114 valence electrons. The van der Waals surface area contributed by atoms with Crippen LogP contribution >= 0.6 is 22.9 Å². The predicted octanol–water partition coefficient (Wildman–Crippen LogP) is 4.33. The molecule has 0 unspecified atom stereocenters. The van der Waals surface area contributed by atoms with Gasteiger partial charge >= 0.3 is 0 Å². The maximum Gasteiger partial charge on any atom is 0.187 e. The molecule has 2 aromatic carbocycles. The molecule has 5 nitrogen and oxygen atoms in total. The molecule has 1 N–H and O–H groups in total. The van der Waals surface area contributed by atoms with Gasteiger partial charge < -0.3 is 5.32 Å². The standard InChI is InChI=1S/C16H12ClN5S/c17-12-5-1-2-6-13(12)19-16-18-11(10-23-16)9-22-15-8-4-3-7-14(15)20-21-22/h1-8,10H,9H2,(H,18,19). The average Bonchev–Trinajstić information content (AvgIpc) is 3.18. The number of anilines is 2. The lowest BCUT2D eigenvalue weighted by atomic mass is 10.3. The van der Waals surface area contributed by atoms with Gasteiger partial charge in [-0.15, -0.1) is 16.4 Å². The molecule has 2 heterocycles. The van der Waals surface area contributed by atoms with Gasteiger partial charge in [-0.3, -0.25) is 0 Å². The van der Waals surface area contributed by atoms with Gasteiger partial charge in [0.05, 0.1) is 28.5 Å². The van der Waals surface area contributed by atoms with Gasteiger partial charge in [0.15, 0.2) is 5.13 Å². The number of hydrogen-bond acceptors (Lipinski definition) is 5. The van der Waals surface area contributed by atoms with Crippen molar-refractivity contribution in [3.8, 4) is 0 Å². The summed E-state index contributed by atoms with van der Waals surface area (Å²) < 4.78 is 1.85. The summed E-state index contributed by atoms with van der Waals surface area (Å²) in [5.41, 5.74) is 3.67. The molecule has 0 spiro atoms. The fourth-order valence-corrected chi connectivity index (χ4v) is 3.20. The molecule has 0 saturated heterocycles. The van der Waals surface area contributed by atoms with Crippen LogP contribution in [0.1, 0.15) is 5.69 Å². The Kier molecular flexibility index (Phi) is 3.69. The van der Waals surface area contributed by atoms with Gasteiger partial charge in [0.25, 0.3) is 0 Å². The average molecular weight is 342 g/mol. The molecule has 4 aromatic rings. The highest BCUT2D eigenvalue weighted by atomic mass is 35.5. The highest BCUT2D eigenvalue weighted by molar-refractivity contribution is 7.13. The summed E-state index contributed by atoms with van der Waals surface area (Å²) in [6, 6.07) is 15.5. The number of rotatable bonds is 4. The number of halogens is 1. The number of thiazole rings is 1. The van der Waals surface area contributed by atoms with Gasteiger partial charge in [0.1, 0.15) is 5.52 Å². The fraction of sp³-hybridized carbons (Fsp3) is 0.0625. The van der Waals surface area contributed by atoms with E-state index in [-0.39, 0.29) is 0 Å². The number of hydrogen-bond donors (Lipinski definition) is 1. The zero-order valence-electron chi connectivity index (χ0n) is 12.0. The van der Waals surface area contributed by atoms with E-state index >= 15 is 0 Å². The molecule has 0 aliphatic carbocycles. The number of nitrogens with zero attached hydrogens (tertiary/aromatic N) is 4. The van der Waals surface area contributed by atoms with Crippen molar-refractivity contribution in [1.82, 2.24) is 20.0 Å². The zero-order valence-corrected chi connectivity index (χ0v) is 13.6. The fourth-order valence-electron chi connectivity index (χ4n) is 2.30. The van der Waals surface area contributed by atoms with Crippen LogP contribution < -0.4 is 5.32 Å². The molecule has 2 aromatic heterocycles. The third kappa shape index (κ3) is 2.91.